The monoisotopic (exact) mass is 262 g/mol. The van der Waals surface area contributed by atoms with Crippen LogP contribution in [-0.4, -0.2) is 24.9 Å². The Morgan fingerprint density at radius 3 is 2.47 bits per heavy atom. The van der Waals surface area contributed by atoms with Gasteiger partial charge in [0.1, 0.15) is 0 Å². The molecule has 0 aliphatic heterocycles. The van der Waals surface area contributed by atoms with Crippen LogP contribution < -0.4 is 10.6 Å². The number of benzene rings is 1. The first-order valence-corrected chi connectivity index (χ1v) is 6.79. The van der Waals surface area contributed by atoms with Gasteiger partial charge in [0.2, 0.25) is 11.8 Å². The van der Waals surface area contributed by atoms with Crippen molar-refractivity contribution in [1.29, 1.82) is 0 Å². The first kappa shape index (κ1) is 15.2. The molecule has 1 aromatic rings. The van der Waals surface area contributed by atoms with Crippen LogP contribution in [0.3, 0.4) is 0 Å². The molecule has 0 spiro atoms. The summed E-state index contributed by atoms with van der Waals surface area (Å²) in [5.74, 6) is -0.194. The Labute approximate surface area is 114 Å². The highest BCUT2D eigenvalue weighted by Crippen LogP contribution is 1.98. The summed E-state index contributed by atoms with van der Waals surface area (Å²) in [6, 6.07) is 9.97. The molecule has 0 aliphatic rings. The lowest BCUT2D eigenvalue weighted by Crippen LogP contribution is -2.37. The topological polar surface area (TPSA) is 58.2 Å². The van der Waals surface area contributed by atoms with Gasteiger partial charge in [0.25, 0.3) is 0 Å². The zero-order valence-electron chi connectivity index (χ0n) is 11.4. The normalized spacial score (nSPS) is 9.95. The number of hydrogen-bond donors (Lipinski definition) is 2. The molecule has 2 amide bonds. The van der Waals surface area contributed by atoms with Crippen molar-refractivity contribution in [3.63, 3.8) is 0 Å². The van der Waals surface area contributed by atoms with Crippen molar-refractivity contribution in [2.75, 3.05) is 13.1 Å². The molecule has 0 aromatic heterocycles. The maximum absolute atomic E-state index is 11.5. The second-order valence-corrected chi connectivity index (χ2v) is 4.47. The fourth-order valence-corrected chi connectivity index (χ4v) is 1.66. The van der Waals surface area contributed by atoms with E-state index in [0.29, 0.717) is 13.0 Å². The average Bonchev–Trinajstić information content (AvgIpc) is 2.44. The van der Waals surface area contributed by atoms with E-state index in [2.05, 4.69) is 10.6 Å². The van der Waals surface area contributed by atoms with Gasteiger partial charge in [-0.1, -0.05) is 43.7 Å². The summed E-state index contributed by atoms with van der Waals surface area (Å²) >= 11 is 0. The molecule has 0 unspecified atom stereocenters. The Kier molecular flexibility index (Phi) is 7.32. The van der Waals surface area contributed by atoms with Gasteiger partial charge in [-0.2, -0.15) is 0 Å². The number of carbonyl (C=O) groups is 2. The van der Waals surface area contributed by atoms with Crippen molar-refractivity contribution >= 4 is 11.8 Å². The standard InChI is InChI=1S/C15H22N2O2/c1-2-3-9-14(18)17-12-15(19)16-11-10-13-7-5-4-6-8-13/h4-8H,2-3,9-12H2,1H3,(H,16,19)(H,17,18). The van der Waals surface area contributed by atoms with Crippen LogP contribution in [0.2, 0.25) is 0 Å². The molecular formula is C15H22N2O2. The summed E-state index contributed by atoms with van der Waals surface area (Å²) in [5, 5.41) is 5.40. The lowest BCUT2D eigenvalue weighted by atomic mass is 10.1. The highest BCUT2D eigenvalue weighted by atomic mass is 16.2. The Balaban J connectivity index is 2.10. The highest BCUT2D eigenvalue weighted by Gasteiger charge is 2.04. The summed E-state index contributed by atoms with van der Waals surface area (Å²) in [4.78, 5) is 22.8. The maximum Gasteiger partial charge on any atom is 0.239 e. The third kappa shape index (κ3) is 7.24. The van der Waals surface area contributed by atoms with Crippen LogP contribution >= 0.6 is 0 Å². The van der Waals surface area contributed by atoms with Gasteiger partial charge >= 0.3 is 0 Å². The van der Waals surface area contributed by atoms with Crippen LogP contribution in [0.15, 0.2) is 30.3 Å². The van der Waals surface area contributed by atoms with E-state index in [-0.39, 0.29) is 18.4 Å². The molecule has 0 bridgehead atoms. The molecule has 4 nitrogen and oxygen atoms in total. The van der Waals surface area contributed by atoms with E-state index in [9.17, 15) is 9.59 Å². The number of unbranched alkanes of at least 4 members (excludes halogenated alkanes) is 1. The maximum atomic E-state index is 11.5. The smallest absolute Gasteiger partial charge is 0.239 e. The van der Waals surface area contributed by atoms with Crippen LogP contribution in [-0.2, 0) is 16.0 Å². The fourth-order valence-electron chi connectivity index (χ4n) is 1.66. The fraction of sp³-hybridized carbons (Fsp3) is 0.467. The zero-order chi connectivity index (χ0) is 13.9. The largest absolute Gasteiger partial charge is 0.354 e. The molecule has 0 saturated heterocycles. The van der Waals surface area contributed by atoms with Crippen LogP contribution in [0.5, 0.6) is 0 Å². The Morgan fingerprint density at radius 2 is 1.79 bits per heavy atom. The van der Waals surface area contributed by atoms with E-state index in [1.165, 1.54) is 5.56 Å². The molecule has 0 heterocycles. The van der Waals surface area contributed by atoms with Crippen molar-refractivity contribution < 1.29 is 9.59 Å². The molecule has 2 N–H and O–H groups in total. The van der Waals surface area contributed by atoms with Crippen LogP contribution in [0.4, 0.5) is 0 Å². The predicted octanol–water partition coefficient (Wildman–Crippen LogP) is 1.65. The number of carbonyl (C=O) groups excluding carboxylic acids is 2. The highest BCUT2D eigenvalue weighted by molar-refractivity contribution is 5.84. The first-order valence-electron chi connectivity index (χ1n) is 6.79. The zero-order valence-corrected chi connectivity index (χ0v) is 11.4. The van der Waals surface area contributed by atoms with Gasteiger partial charge in [0.05, 0.1) is 6.54 Å². The van der Waals surface area contributed by atoms with Crippen molar-refractivity contribution in [1.82, 2.24) is 10.6 Å². The summed E-state index contributed by atoms with van der Waals surface area (Å²) < 4.78 is 0. The first-order chi connectivity index (χ1) is 9.22. The molecule has 4 heteroatoms. The van der Waals surface area contributed by atoms with E-state index in [1.807, 2.05) is 37.3 Å². The quantitative estimate of drug-likeness (QED) is 0.748. The molecule has 0 radical (unpaired) electrons. The molecule has 0 aliphatic carbocycles. The number of hydrogen-bond acceptors (Lipinski definition) is 2. The summed E-state index contributed by atoms with van der Waals surface area (Å²) in [5.41, 5.74) is 1.19. The minimum Gasteiger partial charge on any atom is -0.354 e. The third-order valence-electron chi connectivity index (χ3n) is 2.78. The predicted molar refractivity (Wildman–Crippen MR) is 75.7 cm³/mol. The van der Waals surface area contributed by atoms with E-state index < -0.39 is 0 Å². The number of amides is 2. The lowest BCUT2D eigenvalue weighted by Gasteiger charge is -2.06. The van der Waals surface area contributed by atoms with Crippen molar-refractivity contribution in [2.24, 2.45) is 0 Å². The van der Waals surface area contributed by atoms with Gasteiger partial charge < -0.3 is 10.6 Å². The van der Waals surface area contributed by atoms with Crippen molar-refractivity contribution in [3.8, 4) is 0 Å². The van der Waals surface area contributed by atoms with Crippen molar-refractivity contribution in [2.45, 2.75) is 32.6 Å². The van der Waals surface area contributed by atoms with Crippen molar-refractivity contribution in [3.05, 3.63) is 35.9 Å². The van der Waals surface area contributed by atoms with Gasteiger partial charge in [-0.05, 0) is 18.4 Å². The number of nitrogens with one attached hydrogen (secondary N) is 2. The molecule has 0 fully saturated rings. The Bertz CT molecular complexity index is 390. The SMILES string of the molecule is CCCCC(=O)NCC(=O)NCCc1ccccc1. The van der Waals surface area contributed by atoms with Gasteiger partial charge in [-0.25, -0.2) is 0 Å². The van der Waals surface area contributed by atoms with Crippen LogP contribution in [0, 0.1) is 0 Å². The average molecular weight is 262 g/mol. The molecule has 1 rings (SSSR count). The molecule has 1 aromatic carbocycles. The number of rotatable bonds is 8. The minimum atomic E-state index is -0.138. The van der Waals surface area contributed by atoms with Gasteiger partial charge in [-0.15, -0.1) is 0 Å². The van der Waals surface area contributed by atoms with Gasteiger partial charge in [-0.3, -0.25) is 9.59 Å². The molecule has 19 heavy (non-hydrogen) atoms. The van der Waals surface area contributed by atoms with Crippen LogP contribution in [0.25, 0.3) is 0 Å². The summed E-state index contributed by atoms with van der Waals surface area (Å²) in [6.45, 7) is 2.69. The Hall–Kier alpha value is -1.84. The molecule has 104 valence electrons. The molecule has 0 saturated carbocycles. The lowest BCUT2D eigenvalue weighted by molar-refractivity contribution is -0.126. The van der Waals surface area contributed by atoms with Gasteiger partial charge in [0.15, 0.2) is 0 Å². The van der Waals surface area contributed by atoms with E-state index in [1.54, 1.807) is 0 Å². The van der Waals surface area contributed by atoms with Crippen LogP contribution in [0.1, 0.15) is 31.7 Å². The minimum absolute atomic E-state index is 0.0555. The van der Waals surface area contributed by atoms with Gasteiger partial charge in [0, 0.05) is 13.0 Å². The Morgan fingerprint density at radius 1 is 1.05 bits per heavy atom. The van der Waals surface area contributed by atoms with E-state index in [0.717, 1.165) is 19.3 Å². The summed E-state index contributed by atoms with van der Waals surface area (Å²) in [6.07, 6.45) is 3.14. The molecule has 0 atom stereocenters. The molecular weight excluding hydrogens is 240 g/mol. The second kappa shape index (κ2) is 9.14. The van der Waals surface area contributed by atoms with E-state index in [4.69, 9.17) is 0 Å². The summed E-state index contributed by atoms with van der Waals surface area (Å²) in [7, 11) is 0. The second-order valence-electron chi connectivity index (χ2n) is 4.47. The van der Waals surface area contributed by atoms with E-state index >= 15 is 0 Å². The third-order valence-corrected chi connectivity index (χ3v) is 2.78.